The molecule has 2 aliphatic carbocycles. The summed E-state index contributed by atoms with van der Waals surface area (Å²) in [7, 11) is 1.78. The SMILES string of the molecule is C=C1CCCC2N(CC3CCCCC3)c3c(OC)cccc3[C@]12CCNC(=O)c1ccc(Cl)cc1. The Kier molecular flexibility index (Phi) is 7.11. The van der Waals surface area contributed by atoms with Crippen molar-refractivity contribution in [1.29, 1.82) is 0 Å². The Balaban J connectivity index is 1.44. The molecule has 1 N–H and O–H groups in total. The summed E-state index contributed by atoms with van der Waals surface area (Å²) in [5.41, 5.74) is 4.37. The van der Waals surface area contributed by atoms with Crippen molar-refractivity contribution in [3.05, 3.63) is 70.8 Å². The second-order valence-electron chi connectivity index (χ2n) is 10.5. The number of halogens is 1. The molecule has 2 aromatic rings. The van der Waals surface area contributed by atoms with Gasteiger partial charge < -0.3 is 15.0 Å². The molecule has 4 nitrogen and oxygen atoms in total. The minimum Gasteiger partial charge on any atom is -0.495 e. The third-order valence-electron chi connectivity index (χ3n) is 8.61. The number of nitrogens with zero attached hydrogens (tertiary/aromatic N) is 1. The summed E-state index contributed by atoms with van der Waals surface area (Å²) in [6, 6.07) is 13.9. The van der Waals surface area contributed by atoms with Crippen LogP contribution in [-0.4, -0.2) is 32.1 Å². The van der Waals surface area contributed by atoms with Gasteiger partial charge in [0.2, 0.25) is 0 Å². The maximum atomic E-state index is 12.8. The van der Waals surface area contributed by atoms with E-state index in [-0.39, 0.29) is 11.3 Å². The molecule has 0 bridgehead atoms. The Hall–Kier alpha value is -2.46. The Morgan fingerprint density at radius 3 is 2.63 bits per heavy atom. The quantitative estimate of drug-likeness (QED) is 0.426. The molecular formula is C30H37ClN2O2. The molecule has 0 saturated heterocycles. The minimum atomic E-state index is -0.163. The van der Waals surface area contributed by atoms with Crippen LogP contribution >= 0.6 is 11.6 Å². The molecule has 0 aromatic heterocycles. The topological polar surface area (TPSA) is 41.6 Å². The normalized spacial score (nSPS) is 24.1. The largest absolute Gasteiger partial charge is 0.495 e. The fourth-order valence-electron chi connectivity index (χ4n) is 6.93. The lowest BCUT2D eigenvalue weighted by Gasteiger charge is -2.45. The summed E-state index contributed by atoms with van der Waals surface area (Å²) in [5, 5.41) is 3.81. The molecule has 186 valence electrons. The van der Waals surface area contributed by atoms with Crippen LogP contribution in [0.15, 0.2) is 54.6 Å². The lowest BCUT2D eigenvalue weighted by Crippen LogP contribution is -2.50. The van der Waals surface area contributed by atoms with Crippen molar-refractivity contribution in [2.45, 2.75) is 69.2 Å². The standard InChI is InChI=1S/C30H37ClN2O2/c1-21-8-6-13-27-30(21,18-19-32-29(34)23-14-16-24(31)17-15-23)25-11-7-12-26(35-2)28(25)33(27)20-22-9-4-3-5-10-22/h7,11-12,14-17,22,27H,1,3-6,8-10,13,18-20H2,2H3,(H,32,34)/t27?,30-/m0/s1. The molecule has 0 spiro atoms. The van der Waals surface area contributed by atoms with Crippen molar-refractivity contribution in [3.63, 3.8) is 0 Å². The van der Waals surface area contributed by atoms with Gasteiger partial charge in [0.15, 0.2) is 0 Å². The molecule has 3 aliphatic rings. The summed E-state index contributed by atoms with van der Waals surface area (Å²) in [4.78, 5) is 15.5. The van der Waals surface area contributed by atoms with Gasteiger partial charge in [0.1, 0.15) is 5.75 Å². The van der Waals surface area contributed by atoms with Gasteiger partial charge in [0, 0.05) is 35.1 Å². The first-order valence-electron chi connectivity index (χ1n) is 13.2. The Morgan fingerprint density at radius 2 is 1.89 bits per heavy atom. The number of hydrogen-bond acceptors (Lipinski definition) is 3. The molecule has 1 amide bonds. The highest BCUT2D eigenvalue weighted by Gasteiger charge is 2.54. The lowest BCUT2D eigenvalue weighted by molar-refractivity contribution is 0.0949. The Labute approximate surface area is 214 Å². The van der Waals surface area contributed by atoms with E-state index >= 15 is 0 Å². The van der Waals surface area contributed by atoms with Gasteiger partial charge in [-0.1, -0.05) is 55.1 Å². The zero-order valence-corrected chi connectivity index (χ0v) is 21.6. The van der Waals surface area contributed by atoms with Crippen LogP contribution in [0, 0.1) is 5.92 Å². The highest BCUT2D eigenvalue weighted by Crippen LogP contribution is 2.58. The van der Waals surface area contributed by atoms with E-state index in [4.69, 9.17) is 16.3 Å². The van der Waals surface area contributed by atoms with E-state index in [9.17, 15) is 4.79 Å². The molecule has 2 atom stereocenters. The Morgan fingerprint density at radius 1 is 1.11 bits per heavy atom. The van der Waals surface area contributed by atoms with Crippen molar-refractivity contribution in [2.75, 3.05) is 25.1 Å². The average molecular weight is 493 g/mol. The molecular weight excluding hydrogens is 456 g/mol. The number of carbonyl (C=O) groups is 1. The zero-order valence-electron chi connectivity index (χ0n) is 20.8. The molecule has 2 fully saturated rings. The van der Waals surface area contributed by atoms with E-state index in [1.165, 1.54) is 55.3 Å². The second-order valence-corrected chi connectivity index (χ2v) is 10.9. The van der Waals surface area contributed by atoms with Gasteiger partial charge in [-0.25, -0.2) is 0 Å². The van der Waals surface area contributed by atoms with Crippen molar-refractivity contribution in [3.8, 4) is 5.75 Å². The summed E-state index contributed by atoms with van der Waals surface area (Å²) >= 11 is 6.00. The molecule has 2 saturated carbocycles. The fraction of sp³-hybridized carbons (Fsp3) is 0.500. The predicted molar refractivity (Wildman–Crippen MR) is 144 cm³/mol. The average Bonchev–Trinajstić information content (AvgIpc) is 3.16. The maximum absolute atomic E-state index is 12.8. The molecule has 35 heavy (non-hydrogen) atoms. The third kappa shape index (κ3) is 4.46. The smallest absolute Gasteiger partial charge is 0.251 e. The minimum absolute atomic E-state index is 0.0565. The van der Waals surface area contributed by atoms with Crippen LogP contribution in [-0.2, 0) is 5.41 Å². The molecule has 0 radical (unpaired) electrons. The monoisotopic (exact) mass is 492 g/mol. The first-order valence-corrected chi connectivity index (χ1v) is 13.6. The van der Waals surface area contributed by atoms with Gasteiger partial charge in [0.05, 0.1) is 12.8 Å². The predicted octanol–water partition coefficient (Wildman–Crippen LogP) is 6.92. The second kappa shape index (κ2) is 10.3. The zero-order chi connectivity index (χ0) is 24.4. The fourth-order valence-corrected chi connectivity index (χ4v) is 7.05. The van der Waals surface area contributed by atoms with Gasteiger partial charge >= 0.3 is 0 Å². The number of para-hydroxylation sites is 1. The Bertz CT molecular complexity index is 1080. The van der Waals surface area contributed by atoms with Crippen LogP contribution in [0.5, 0.6) is 5.75 Å². The number of nitrogens with one attached hydrogen (secondary N) is 1. The highest BCUT2D eigenvalue weighted by atomic mass is 35.5. The number of anilines is 1. The van der Waals surface area contributed by atoms with E-state index in [1.807, 2.05) is 0 Å². The van der Waals surface area contributed by atoms with E-state index in [0.717, 1.165) is 37.5 Å². The van der Waals surface area contributed by atoms with Crippen molar-refractivity contribution >= 4 is 23.2 Å². The number of ether oxygens (including phenoxy) is 1. The summed E-state index contributed by atoms with van der Waals surface area (Å²) < 4.78 is 5.92. The maximum Gasteiger partial charge on any atom is 0.251 e. The third-order valence-corrected chi connectivity index (χ3v) is 8.86. The van der Waals surface area contributed by atoms with E-state index in [0.29, 0.717) is 23.2 Å². The first kappa shape index (κ1) is 24.2. The van der Waals surface area contributed by atoms with Crippen LogP contribution in [0.4, 0.5) is 5.69 Å². The number of hydrogen-bond donors (Lipinski definition) is 1. The molecule has 5 rings (SSSR count). The molecule has 5 heteroatoms. The molecule has 2 aromatic carbocycles. The summed E-state index contributed by atoms with van der Waals surface area (Å²) in [6.07, 6.45) is 10.9. The summed E-state index contributed by atoms with van der Waals surface area (Å²) in [6.45, 7) is 6.33. The number of rotatable bonds is 7. The van der Waals surface area contributed by atoms with E-state index in [1.54, 1.807) is 31.4 Å². The van der Waals surface area contributed by atoms with Crippen LogP contribution in [0.3, 0.4) is 0 Å². The van der Waals surface area contributed by atoms with Crippen LogP contribution in [0.25, 0.3) is 0 Å². The summed E-state index contributed by atoms with van der Waals surface area (Å²) in [5.74, 6) is 1.64. The van der Waals surface area contributed by atoms with Gasteiger partial charge in [-0.3, -0.25) is 4.79 Å². The number of methoxy groups -OCH3 is 1. The van der Waals surface area contributed by atoms with Gasteiger partial charge in [-0.2, -0.15) is 0 Å². The van der Waals surface area contributed by atoms with Crippen molar-refractivity contribution in [2.24, 2.45) is 5.92 Å². The number of carbonyl (C=O) groups excluding carboxylic acids is 1. The molecule has 1 heterocycles. The lowest BCUT2D eigenvalue weighted by atomic mass is 9.63. The first-order chi connectivity index (χ1) is 17.0. The van der Waals surface area contributed by atoms with Gasteiger partial charge in [0.25, 0.3) is 5.91 Å². The van der Waals surface area contributed by atoms with Crippen LogP contribution in [0.1, 0.15) is 73.7 Å². The van der Waals surface area contributed by atoms with Crippen molar-refractivity contribution in [1.82, 2.24) is 5.32 Å². The highest BCUT2D eigenvalue weighted by molar-refractivity contribution is 6.30. The molecule has 1 aliphatic heterocycles. The van der Waals surface area contributed by atoms with Gasteiger partial charge in [-0.05, 0) is 80.3 Å². The number of amides is 1. The number of benzene rings is 2. The number of fused-ring (bicyclic) bond motifs is 3. The van der Waals surface area contributed by atoms with E-state index < -0.39 is 0 Å². The van der Waals surface area contributed by atoms with Crippen molar-refractivity contribution < 1.29 is 9.53 Å². The van der Waals surface area contributed by atoms with Crippen LogP contribution in [0.2, 0.25) is 5.02 Å². The van der Waals surface area contributed by atoms with E-state index in [2.05, 4.69) is 35.0 Å². The molecule has 1 unspecified atom stereocenters. The van der Waals surface area contributed by atoms with Crippen LogP contribution < -0.4 is 15.0 Å². The van der Waals surface area contributed by atoms with Gasteiger partial charge in [-0.15, -0.1) is 0 Å².